The molecule has 1 rings (SSSR count). The van der Waals surface area contributed by atoms with Crippen LogP contribution in [0.1, 0.15) is 46.0 Å². The smallest absolute Gasteiger partial charge is 0.240 e. The number of hydrogen-bond acceptors (Lipinski definition) is 3. The van der Waals surface area contributed by atoms with E-state index in [4.69, 9.17) is 10.8 Å². The van der Waals surface area contributed by atoms with Gasteiger partial charge in [-0.15, -0.1) is 0 Å². The molecular weight excluding hydrogens is 216 g/mol. The van der Waals surface area contributed by atoms with Crippen molar-refractivity contribution in [3.63, 3.8) is 0 Å². The minimum Gasteiger partial charge on any atom is -0.395 e. The highest BCUT2D eigenvalue weighted by atomic mass is 16.3. The second-order valence-corrected chi connectivity index (χ2v) is 5.32. The molecule has 0 radical (unpaired) electrons. The predicted octanol–water partition coefficient (Wildman–Crippen LogP) is 1.12. The van der Waals surface area contributed by atoms with Gasteiger partial charge in [0.15, 0.2) is 0 Å². The maximum Gasteiger partial charge on any atom is 0.240 e. The molecular formula is C13H26N2O2. The van der Waals surface area contributed by atoms with Gasteiger partial charge in [-0.3, -0.25) is 4.79 Å². The molecule has 1 saturated carbocycles. The van der Waals surface area contributed by atoms with Gasteiger partial charge in [0.2, 0.25) is 5.91 Å². The van der Waals surface area contributed by atoms with Crippen LogP contribution in [0, 0.1) is 5.92 Å². The van der Waals surface area contributed by atoms with Crippen LogP contribution >= 0.6 is 0 Å². The lowest BCUT2D eigenvalue weighted by molar-refractivity contribution is -0.137. The number of carbonyl (C=O) groups is 1. The summed E-state index contributed by atoms with van der Waals surface area (Å²) in [6.07, 6.45) is 5.72. The molecule has 1 atom stereocenters. The number of aliphatic hydroxyl groups excluding tert-OH is 1. The molecule has 0 aromatic carbocycles. The molecule has 0 saturated heterocycles. The highest BCUT2D eigenvalue weighted by Gasteiger charge is 2.29. The molecule has 1 aliphatic carbocycles. The normalized spacial score (nSPS) is 19.4. The topological polar surface area (TPSA) is 66.6 Å². The van der Waals surface area contributed by atoms with Gasteiger partial charge in [0.25, 0.3) is 0 Å². The molecule has 0 aromatic heterocycles. The number of amides is 1. The van der Waals surface area contributed by atoms with E-state index in [1.54, 1.807) is 0 Å². The van der Waals surface area contributed by atoms with Crippen LogP contribution in [0.3, 0.4) is 0 Å². The average Bonchev–Trinajstić information content (AvgIpc) is 2.35. The lowest BCUT2D eigenvalue weighted by Crippen LogP contribution is -2.52. The van der Waals surface area contributed by atoms with Crippen LogP contribution in [0.25, 0.3) is 0 Å². The Balaban J connectivity index is 2.66. The first kappa shape index (κ1) is 14.5. The zero-order chi connectivity index (χ0) is 12.8. The fraction of sp³-hybridized carbons (Fsp3) is 0.923. The third-order valence-electron chi connectivity index (χ3n) is 3.64. The zero-order valence-corrected chi connectivity index (χ0v) is 11.1. The number of carbonyl (C=O) groups excluding carboxylic acids is 1. The van der Waals surface area contributed by atoms with E-state index in [0.717, 1.165) is 12.8 Å². The maximum absolute atomic E-state index is 12.3. The Bertz CT molecular complexity index is 238. The lowest BCUT2D eigenvalue weighted by Gasteiger charge is -2.36. The monoisotopic (exact) mass is 242 g/mol. The van der Waals surface area contributed by atoms with E-state index >= 15 is 0 Å². The van der Waals surface area contributed by atoms with E-state index in [0.29, 0.717) is 6.54 Å². The number of nitrogens with zero attached hydrogens (tertiary/aromatic N) is 1. The van der Waals surface area contributed by atoms with Crippen LogP contribution in [0.15, 0.2) is 0 Å². The van der Waals surface area contributed by atoms with Gasteiger partial charge in [-0.1, -0.05) is 33.1 Å². The Hall–Kier alpha value is -0.610. The first-order valence-corrected chi connectivity index (χ1v) is 6.74. The van der Waals surface area contributed by atoms with Crippen molar-refractivity contribution >= 4 is 5.91 Å². The molecule has 1 amide bonds. The van der Waals surface area contributed by atoms with E-state index in [1.807, 2.05) is 18.7 Å². The first-order valence-electron chi connectivity index (χ1n) is 6.74. The van der Waals surface area contributed by atoms with Crippen molar-refractivity contribution in [3.8, 4) is 0 Å². The van der Waals surface area contributed by atoms with Gasteiger partial charge in [0, 0.05) is 12.6 Å². The minimum absolute atomic E-state index is 0.000880. The van der Waals surface area contributed by atoms with Crippen LogP contribution in [0.4, 0.5) is 0 Å². The van der Waals surface area contributed by atoms with Gasteiger partial charge in [-0.25, -0.2) is 0 Å². The third kappa shape index (κ3) is 3.96. The second-order valence-electron chi connectivity index (χ2n) is 5.32. The summed E-state index contributed by atoms with van der Waals surface area (Å²) in [4.78, 5) is 14.1. The molecule has 3 N–H and O–H groups in total. The van der Waals surface area contributed by atoms with Gasteiger partial charge in [0.1, 0.15) is 0 Å². The van der Waals surface area contributed by atoms with Crippen LogP contribution in [-0.2, 0) is 4.79 Å². The molecule has 4 heteroatoms. The quantitative estimate of drug-likeness (QED) is 0.759. The number of nitrogens with two attached hydrogens (primary N) is 1. The summed E-state index contributed by atoms with van der Waals surface area (Å²) in [6, 6.07) is -0.156. The highest BCUT2D eigenvalue weighted by Crippen LogP contribution is 2.23. The summed E-state index contributed by atoms with van der Waals surface area (Å²) in [7, 11) is 0. The van der Waals surface area contributed by atoms with Gasteiger partial charge in [0.05, 0.1) is 12.6 Å². The average molecular weight is 242 g/mol. The molecule has 17 heavy (non-hydrogen) atoms. The van der Waals surface area contributed by atoms with E-state index in [1.165, 1.54) is 19.3 Å². The van der Waals surface area contributed by atoms with Crippen molar-refractivity contribution in [2.24, 2.45) is 11.7 Å². The minimum atomic E-state index is -0.441. The van der Waals surface area contributed by atoms with Crippen molar-refractivity contribution in [2.75, 3.05) is 13.2 Å². The van der Waals surface area contributed by atoms with E-state index in [-0.39, 0.29) is 24.5 Å². The van der Waals surface area contributed by atoms with Crippen molar-refractivity contribution < 1.29 is 9.90 Å². The summed E-state index contributed by atoms with van der Waals surface area (Å²) in [5.74, 6) is 0.147. The number of aliphatic hydroxyl groups is 1. The molecule has 100 valence electrons. The molecule has 0 aliphatic heterocycles. The van der Waals surface area contributed by atoms with Crippen molar-refractivity contribution in [2.45, 2.75) is 58.0 Å². The number of hydrogen-bond donors (Lipinski definition) is 2. The third-order valence-corrected chi connectivity index (χ3v) is 3.64. The van der Waals surface area contributed by atoms with Crippen molar-refractivity contribution in [1.29, 1.82) is 0 Å². The predicted molar refractivity (Wildman–Crippen MR) is 68.5 cm³/mol. The fourth-order valence-electron chi connectivity index (χ4n) is 2.45. The molecule has 0 spiro atoms. The second kappa shape index (κ2) is 6.97. The van der Waals surface area contributed by atoms with Crippen LogP contribution in [-0.4, -0.2) is 41.1 Å². The highest BCUT2D eigenvalue weighted by molar-refractivity contribution is 5.82. The maximum atomic E-state index is 12.3. The number of rotatable bonds is 5. The first-order chi connectivity index (χ1) is 8.07. The SMILES string of the molecule is CC(C)[C@@H](N)C(=O)N(CCO)C1CCCCC1. The van der Waals surface area contributed by atoms with Crippen molar-refractivity contribution in [3.05, 3.63) is 0 Å². The molecule has 1 aliphatic rings. The van der Waals surface area contributed by atoms with Gasteiger partial charge < -0.3 is 15.7 Å². The van der Waals surface area contributed by atoms with Gasteiger partial charge in [-0.05, 0) is 18.8 Å². The zero-order valence-electron chi connectivity index (χ0n) is 11.1. The summed E-state index contributed by atoms with van der Waals surface area (Å²) < 4.78 is 0. The summed E-state index contributed by atoms with van der Waals surface area (Å²) >= 11 is 0. The Morgan fingerprint density at radius 3 is 2.41 bits per heavy atom. The Morgan fingerprint density at radius 2 is 1.94 bits per heavy atom. The Labute approximate surface area is 104 Å². The standard InChI is InChI=1S/C13H26N2O2/c1-10(2)12(14)13(17)15(8-9-16)11-6-4-3-5-7-11/h10-12,16H,3-9,14H2,1-2H3/t12-/m1/s1. The summed E-state index contributed by atoms with van der Waals surface area (Å²) in [5, 5.41) is 9.10. The Morgan fingerprint density at radius 1 is 1.35 bits per heavy atom. The van der Waals surface area contributed by atoms with E-state index < -0.39 is 6.04 Å². The Kier molecular flexibility index (Phi) is 5.92. The van der Waals surface area contributed by atoms with Crippen LogP contribution in [0.5, 0.6) is 0 Å². The van der Waals surface area contributed by atoms with Crippen LogP contribution < -0.4 is 5.73 Å². The van der Waals surface area contributed by atoms with E-state index in [9.17, 15) is 4.79 Å². The summed E-state index contributed by atoms with van der Waals surface area (Å²) in [5.41, 5.74) is 5.93. The van der Waals surface area contributed by atoms with Gasteiger partial charge in [-0.2, -0.15) is 0 Å². The lowest BCUT2D eigenvalue weighted by atomic mass is 9.93. The van der Waals surface area contributed by atoms with Gasteiger partial charge >= 0.3 is 0 Å². The molecule has 0 unspecified atom stereocenters. The van der Waals surface area contributed by atoms with E-state index in [2.05, 4.69) is 0 Å². The fourth-order valence-corrected chi connectivity index (χ4v) is 2.45. The molecule has 1 fully saturated rings. The largest absolute Gasteiger partial charge is 0.395 e. The van der Waals surface area contributed by atoms with Crippen LogP contribution in [0.2, 0.25) is 0 Å². The molecule has 0 aromatic rings. The molecule has 0 bridgehead atoms. The van der Waals surface area contributed by atoms with Crippen molar-refractivity contribution in [1.82, 2.24) is 4.90 Å². The molecule has 0 heterocycles. The summed E-state index contributed by atoms with van der Waals surface area (Å²) in [6.45, 7) is 4.36. The molecule has 4 nitrogen and oxygen atoms in total.